The summed E-state index contributed by atoms with van der Waals surface area (Å²) in [5.41, 5.74) is 0. The minimum atomic E-state index is 0.326. The third-order valence-electron chi connectivity index (χ3n) is 3.68. The van der Waals surface area contributed by atoms with Crippen LogP contribution in [0.2, 0.25) is 0 Å². The van der Waals surface area contributed by atoms with E-state index < -0.39 is 0 Å². The van der Waals surface area contributed by atoms with Gasteiger partial charge in [0.2, 0.25) is 0 Å². The summed E-state index contributed by atoms with van der Waals surface area (Å²) in [6, 6.07) is 1.12. The Hall–Kier alpha value is -0.520. The normalized spacial score (nSPS) is 25.1. The average Bonchev–Trinajstić information content (AvgIpc) is 3.10. The lowest BCUT2D eigenvalue weighted by Crippen LogP contribution is -2.41. The molecule has 0 aromatic heterocycles. The molecule has 1 aliphatic heterocycles. The molecule has 1 saturated heterocycles. The fourth-order valence-electron chi connectivity index (χ4n) is 2.49. The lowest BCUT2D eigenvalue weighted by molar-refractivity contribution is 0.178. The first-order valence-electron chi connectivity index (χ1n) is 6.24. The summed E-state index contributed by atoms with van der Waals surface area (Å²) in [6.45, 7) is 5.76. The van der Waals surface area contributed by atoms with Crippen LogP contribution in [0.25, 0.3) is 0 Å². The molecule has 0 amide bonds. The van der Waals surface area contributed by atoms with Gasteiger partial charge in [0, 0.05) is 12.6 Å². The zero-order chi connectivity index (χ0) is 10.7. The van der Waals surface area contributed by atoms with Gasteiger partial charge in [-0.25, -0.2) is 0 Å². The van der Waals surface area contributed by atoms with Crippen LogP contribution in [0.3, 0.4) is 0 Å². The molecule has 2 heteroatoms. The van der Waals surface area contributed by atoms with E-state index in [1.807, 2.05) is 0 Å². The topological polar surface area (TPSA) is 15.3 Å². The molecule has 1 heterocycles. The second-order valence-corrected chi connectivity index (χ2v) is 4.96. The van der Waals surface area contributed by atoms with Gasteiger partial charge in [-0.15, -0.1) is 6.42 Å². The summed E-state index contributed by atoms with van der Waals surface area (Å²) >= 11 is 0. The van der Waals surface area contributed by atoms with Gasteiger partial charge in [0.15, 0.2) is 0 Å². The van der Waals surface area contributed by atoms with Crippen molar-refractivity contribution in [3.63, 3.8) is 0 Å². The molecule has 0 radical (unpaired) electrons. The van der Waals surface area contributed by atoms with E-state index in [1.54, 1.807) is 0 Å². The summed E-state index contributed by atoms with van der Waals surface area (Å²) in [7, 11) is 0. The summed E-state index contributed by atoms with van der Waals surface area (Å²) < 4.78 is 0. The van der Waals surface area contributed by atoms with Gasteiger partial charge in [-0.05, 0) is 51.6 Å². The quantitative estimate of drug-likeness (QED) is 0.701. The fraction of sp³-hybridized carbons (Fsp3) is 0.846. The van der Waals surface area contributed by atoms with Crippen LogP contribution in [-0.4, -0.2) is 36.6 Å². The molecule has 1 atom stereocenters. The van der Waals surface area contributed by atoms with E-state index in [2.05, 4.69) is 23.1 Å². The number of hydrogen-bond acceptors (Lipinski definition) is 2. The van der Waals surface area contributed by atoms with Gasteiger partial charge in [-0.2, -0.15) is 0 Å². The Bertz CT molecular complexity index is 233. The van der Waals surface area contributed by atoms with Crippen LogP contribution in [0, 0.1) is 18.3 Å². The maximum absolute atomic E-state index is 5.54. The molecule has 0 spiro atoms. The van der Waals surface area contributed by atoms with E-state index in [4.69, 9.17) is 6.42 Å². The van der Waals surface area contributed by atoms with Gasteiger partial charge in [0.25, 0.3) is 0 Å². The van der Waals surface area contributed by atoms with Crippen molar-refractivity contribution in [1.29, 1.82) is 0 Å². The van der Waals surface area contributed by atoms with Crippen molar-refractivity contribution in [2.45, 2.75) is 44.7 Å². The number of hydrogen-bond donors (Lipinski definition) is 1. The Balaban J connectivity index is 1.85. The van der Waals surface area contributed by atoms with Gasteiger partial charge in [0.1, 0.15) is 0 Å². The minimum Gasteiger partial charge on any atom is -0.317 e. The second kappa shape index (κ2) is 5.01. The van der Waals surface area contributed by atoms with Crippen LogP contribution in [0.15, 0.2) is 0 Å². The highest BCUT2D eigenvalue weighted by Crippen LogP contribution is 2.30. The fourth-order valence-corrected chi connectivity index (χ4v) is 2.49. The van der Waals surface area contributed by atoms with Gasteiger partial charge in [0.05, 0.1) is 6.04 Å². The maximum atomic E-state index is 5.54. The van der Waals surface area contributed by atoms with E-state index in [-0.39, 0.29) is 0 Å². The Morgan fingerprint density at radius 2 is 2.00 bits per heavy atom. The highest BCUT2D eigenvalue weighted by molar-refractivity contribution is 5.02. The standard InChI is InChI=1S/C13H22N2/c1-3-11(2)15(13-4-5-13)10-12-6-8-14-9-7-12/h1,11-14H,4-10H2,2H3. The third-order valence-corrected chi connectivity index (χ3v) is 3.68. The molecule has 2 nitrogen and oxygen atoms in total. The van der Waals surface area contributed by atoms with Crippen molar-refractivity contribution in [3.05, 3.63) is 0 Å². The second-order valence-electron chi connectivity index (χ2n) is 4.96. The monoisotopic (exact) mass is 206 g/mol. The van der Waals surface area contributed by atoms with E-state index in [0.29, 0.717) is 6.04 Å². The number of nitrogens with zero attached hydrogens (tertiary/aromatic N) is 1. The predicted octanol–water partition coefficient (Wildman–Crippen LogP) is 1.47. The van der Waals surface area contributed by atoms with Crippen molar-refractivity contribution < 1.29 is 0 Å². The van der Waals surface area contributed by atoms with Crippen LogP contribution in [-0.2, 0) is 0 Å². The number of nitrogens with one attached hydrogen (secondary N) is 1. The molecule has 1 aliphatic carbocycles. The van der Waals surface area contributed by atoms with E-state index in [9.17, 15) is 0 Å². The Morgan fingerprint density at radius 3 is 2.53 bits per heavy atom. The van der Waals surface area contributed by atoms with Crippen molar-refractivity contribution in [1.82, 2.24) is 10.2 Å². The Kier molecular flexibility index (Phi) is 3.66. The molecule has 1 unspecified atom stereocenters. The highest BCUT2D eigenvalue weighted by Gasteiger charge is 2.33. The molecule has 84 valence electrons. The summed E-state index contributed by atoms with van der Waals surface area (Å²) in [6.07, 6.45) is 10.9. The van der Waals surface area contributed by atoms with E-state index in [0.717, 1.165) is 12.0 Å². The lowest BCUT2D eigenvalue weighted by atomic mass is 9.97. The van der Waals surface area contributed by atoms with Crippen molar-refractivity contribution in [2.75, 3.05) is 19.6 Å². The van der Waals surface area contributed by atoms with Crippen LogP contribution >= 0.6 is 0 Å². The number of terminal acetylenes is 1. The molecule has 2 rings (SSSR count). The molecule has 15 heavy (non-hydrogen) atoms. The highest BCUT2D eigenvalue weighted by atomic mass is 15.2. The predicted molar refractivity (Wildman–Crippen MR) is 63.6 cm³/mol. The van der Waals surface area contributed by atoms with Crippen LogP contribution in [0.1, 0.15) is 32.6 Å². The van der Waals surface area contributed by atoms with Crippen LogP contribution in [0.5, 0.6) is 0 Å². The van der Waals surface area contributed by atoms with Gasteiger partial charge < -0.3 is 5.32 Å². The molecule has 0 bridgehead atoms. The molecule has 1 N–H and O–H groups in total. The maximum Gasteiger partial charge on any atom is 0.0685 e. The molecule has 1 saturated carbocycles. The summed E-state index contributed by atoms with van der Waals surface area (Å²) in [5, 5.41) is 3.42. The molecule has 0 aromatic carbocycles. The zero-order valence-electron chi connectivity index (χ0n) is 9.71. The first-order chi connectivity index (χ1) is 7.31. The van der Waals surface area contributed by atoms with Crippen molar-refractivity contribution in [2.24, 2.45) is 5.92 Å². The first kappa shape index (κ1) is 11.0. The molecule has 0 aromatic rings. The Labute approximate surface area is 93.4 Å². The molecule has 2 aliphatic rings. The smallest absolute Gasteiger partial charge is 0.0685 e. The van der Waals surface area contributed by atoms with Gasteiger partial charge in [-0.1, -0.05) is 5.92 Å². The van der Waals surface area contributed by atoms with Crippen LogP contribution in [0.4, 0.5) is 0 Å². The lowest BCUT2D eigenvalue weighted by Gasteiger charge is -2.32. The summed E-state index contributed by atoms with van der Waals surface area (Å²) in [5.74, 6) is 3.75. The molecular weight excluding hydrogens is 184 g/mol. The van der Waals surface area contributed by atoms with E-state index in [1.165, 1.54) is 45.3 Å². The number of piperidine rings is 1. The first-order valence-corrected chi connectivity index (χ1v) is 6.24. The minimum absolute atomic E-state index is 0.326. The third kappa shape index (κ3) is 2.96. The molecular formula is C13H22N2. The summed E-state index contributed by atoms with van der Waals surface area (Å²) in [4.78, 5) is 2.55. The SMILES string of the molecule is C#CC(C)N(CC1CCNCC1)C1CC1. The van der Waals surface area contributed by atoms with Crippen LogP contribution < -0.4 is 5.32 Å². The zero-order valence-corrected chi connectivity index (χ0v) is 9.71. The van der Waals surface area contributed by atoms with Crippen molar-refractivity contribution >= 4 is 0 Å². The number of rotatable bonds is 4. The molecule has 2 fully saturated rings. The van der Waals surface area contributed by atoms with Gasteiger partial charge in [-0.3, -0.25) is 4.90 Å². The Morgan fingerprint density at radius 1 is 1.33 bits per heavy atom. The largest absolute Gasteiger partial charge is 0.317 e. The average molecular weight is 206 g/mol. The van der Waals surface area contributed by atoms with E-state index >= 15 is 0 Å². The van der Waals surface area contributed by atoms with Gasteiger partial charge >= 0.3 is 0 Å². The van der Waals surface area contributed by atoms with Crippen molar-refractivity contribution in [3.8, 4) is 12.3 Å².